The molecule has 1 saturated carbocycles. The van der Waals surface area contributed by atoms with Gasteiger partial charge in [0.25, 0.3) is 0 Å². The van der Waals surface area contributed by atoms with Gasteiger partial charge in [0.05, 0.1) is 7.11 Å². The van der Waals surface area contributed by atoms with E-state index in [1.165, 1.54) is 31.7 Å². The summed E-state index contributed by atoms with van der Waals surface area (Å²) < 4.78 is 9.52. The molecule has 0 radical (unpaired) electrons. The summed E-state index contributed by atoms with van der Waals surface area (Å²) in [5, 5.41) is 0.507. The van der Waals surface area contributed by atoms with Crippen molar-refractivity contribution in [3.63, 3.8) is 0 Å². The average molecular weight is 214 g/mol. The third-order valence-corrected chi connectivity index (χ3v) is 2.87. The number of methoxy groups -OCH3 is 1. The first-order chi connectivity index (χ1) is 6.63. The molecular formula is C10H14O3S. The lowest BCUT2D eigenvalue weighted by atomic mass is 10.5. The van der Waals surface area contributed by atoms with E-state index in [0.29, 0.717) is 5.09 Å². The van der Waals surface area contributed by atoms with Gasteiger partial charge in [-0.1, -0.05) is 11.8 Å². The maximum Gasteiger partial charge on any atom is 0.373 e. The van der Waals surface area contributed by atoms with Gasteiger partial charge in [-0.25, -0.2) is 4.79 Å². The zero-order valence-corrected chi connectivity index (χ0v) is 9.06. The smallest absolute Gasteiger partial charge is 0.373 e. The molecule has 3 nitrogen and oxygen atoms in total. The quantitative estimate of drug-likeness (QED) is 0.386. The van der Waals surface area contributed by atoms with Crippen LogP contribution in [0.3, 0.4) is 0 Å². The lowest BCUT2D eigenvalue weighted by molar-refractivity contribution is -0.139. The molecule has 0 aromatic heterocycles. The van der Waals surface area contributed by atoms with Crippen molar-refractivity contribution in [2.24, 2.45) is 5.92 Å². The Morgan fingerprint density at radius 1 is 1.50 bits per heavy atom. The molecule has 0 saturated heterocycles. The summed E-state index contributed by atoms with van der Waals surface area (Å²) >= 11 is 1.52. The van der Waals surface area contributed by atoms with Gasteiger partial charge in [0.2, 0.25) is 5.76 Å². The van der Waals surface area contributed by atoms with Gasteiger partial charge in [0, 0.05) is 5.75 Å². The number of esters is 1. The van der Waals surface area contributed by atoms with Crippen LogP contribution in [0.5, 0.6) is 0 Å². The molecule has 0 heterocycles. The van der Waals surface area contributed by atoms with Crippen molar-refractivity contribution in [1.82, 2.24) is 0 Å². The standard InChI is InChI=1S/C10H14O3S/c1-7(10(11)12-3)13-8(2)14-6-9-4-5-9/h9H,1-2,4-6H2,3H3. The molecule has 0 N–H and O–H groups in total. The van der Waals surface area contributed by atoms with Gasteiger partial charge in [0.1, 0.15) is 0 Å². The highest BCUT2D eigenvalue weighted by Gasteiger charge is 2.22. The Balaban J connectivity index is 2.17. The summed E-state index contributed by atoms with van der Waals surface area (Å²) in [5.74, 6) is 1.23. The molecule has 4 heteroatoms. The van der Waals surface area contributed by atoms with E-state index in [-0.39, 0.29) is 5.76 Å². The van der Waals surface area contributed by atoms with Crippen LogP contribution in [0.15, 0.2) is 24.0 Å². The van der Waals surface area contributed by atoms with Gasteiger partial charge in [-0.2, -0.15) is 0 Å². The normalized spacial score (nSPS) is 14.6. The molecule has 1 rings (SSSR count). The SMILES string of the molecule is C=C(OC(=C)C(=O)OC)SCC1CC1. The molecule has 0 spiro atoms. The number of thioether (sulfide) groups is 1. The molecule has 0 amide bonds. The fourth-order valence-electron chi connectivity index (χ4n) is 0.818. The van der Waals surface area contributed by atoms with Crippen molar-refractivity contribution in [2.45, 2.75) is 12.8 Å². The lowest BCUT2D eigenvalue weighted by Crippen LogP contribution is -2.06. The van der Waals surface area contributed by atoms with E-state index in [1.54, 1.807) is 0 Å². The Morgan fingerprint density at radius 2 is 2.14 bits per heavy atom. The number of ether oxygens (including phenoxy) is 2. The van der Waals surface area contributed by atoms with Crippen LogP contribution in [0.2, 0.25) is 0 Å². The maximum absolute atomic E-state index is 10.9. The van der Waals surface area contributed by atoms with Crippen LogP contribution in [0.25, 0.3) is 0 Å². The van der Waals surface area contributed by atoms with E-state index >= 15 is 0 Å². The molecule has 14 heavy (non-hydrogen) atoms. The van der Waals surface area contributed by atoms with Crippen molar-refractivity contribution in [3.8, 4) is 0 Å². The van der Waals surface area contributed by atoms with Crippen LogP contribution in [0.4, 0.5) is 0 Å². The topological polar surface area (TPSA) is 35.5 Å². The number of hydrogen-bond acceptors (Lipinski definition) is 4. The summed E-state index contributed by atoms with van der Waals surface area (Å²) in [6, 6.07) is 0. The summed E-state index contributed by atoms with van der Waals surface area (Å²) in [4.78, 5) is 10.9. The molecule has 78 valence electrons. The second-order valence-corrected chi connectivity index (χ2v) is 4.22. The molecule has 0 aromatic carbocycles. The van der Waals surface area contributed by atoms with Crippen LogP contribution >= 0.6 is 11.8 Å². The number of rotatable bonds is 6. The van der Waals surface area contributed by atoms with Crippen LogP contribution < -0.4 is 0 Å². The van der Waals surface area contributed by atoms with E-state index in [4.69, 9.17) is 4.74 Å². The van der Waals surface area contributed by atoms with Gasteiger partial charge in [-0.3, -0.25) is 0 Å². The van der Waals surface area contributed by atoms with Crippen molar-refractivity contribution >= 4 is 17.7 Å². The maximum atomic E-state index is 10.9. The van der Waals surface area contributed by atoms with Crippen molar-refractivity contribution in [2.75, 3.05) is 12.9 Å². The van der Waals surface area contributed by atoms with E-state index in [2.05, 4.69) is 17.9 Å². The fraction of sp³-hybridized carbons (Fsp3) is 0.500. The minimum absolute atomic E-state index is 0.0132. The van der Waals surface area contributed by atoms with Crippen LogP contribution in [0.1, 0.15) is 12.8 Å². The largest absolute Gasteiger partial charge is 0.463 e. The molecule has 1 aliphatic rings. The molecule has 0 aliphatic heterocycles. The molecular weight excluding hydrogens is 200 g/mol. The summed E-state index contributed by atoms with van der Waals surface area (Å²) in [5.41, 5.74) is 0. The van der Waals surface area contributed by atoms with Crippen molar-refractivity contribution in [3.05, 3.63) is 24.0 Å². The molecule has 0 aromatic rings. The summed E-state index contributed by atoms with van der Waals surface area (Å²) in [7, 11) is 1.29. The first-order valence-electron chi connectivity index (χ1n) is 4.40. The zero-order valence-electron chi connectivity index (χ0n) is 8.25. The first-order valence-corrected chi connectivity index (χ1v) is 5.38. The third kappa shape index (κ3) is 3.87. The van der Waals surface area contributed by atoms with Gasteiger partial charge in [0.15, 0.2) is 5.09 Å². The number of carbonyl (C=O) groups excluding carboxylic acids is 1. The van der Waals surface area contributed by atoms with Gasteiger partial charge in [-0.05, 0) is 31.9 Å². The second kappa shape index (κ2) is 5.10. The van der Waals surface area contributed by atoms with Gasteiger partial charge in [-0.15, -0.1) is 0 Å². The Bertz CT molecular complexity index is 256. The Kier molecular flexibility index (Phi) is 4.07. The highest BCUT2D eigenvalue weighted by molar-refractivity contribution is 8.02. The Hall–Kier alpha value is -0.900. The summed E-state index contributed by atoms with van der Waals surface area (Å²) in [6.07, 6.45) is 2.58. The predicted octanol–water partition coefficient (Wildman–Crippen LogP) is 2.30. The molecule has 1 aliphatic carbocycles. The van der Waals surface area contributed by atoms with E-state index in [9.17, 15) is 4.79 Å². The van der Waals surface area contributed by atoms with Gasteiger partial charge < -0.3 is 9.47 Å². The minimum atomic E-state index is -0.557. The van der Waals surface area contributed by atoms with Crippen LogP contribution in [0, 0.1) is 5.92 Å². The predicted molar refractivity (Wildman–Crippen MR) is 56.6 cm³/mol. The first kappa shape index (κ1) is 11.2. The Labute approximate surface area is 88.2 Å². The van der Waals surface area contributed by atoms with Crippen LogP contribution in [-0.2, 0) is 14.3 Å². The van der Waals surface area contributed by atoms with Crippen molar-refractivity contribution in [1.29, 1.82) is 0 Å². The molecule has 0 bridgehead atoms. The van der Waals surface area contributed by atoms with E-state index in [1.807, 2.05) is 0 Å². The van der Waals surface area contributed by atoms with Crippen LogP contribution in [-0.4, -0.2) is 18.8 Å². The van der Waals surface area contributed by atoms with E-state index in [0.717, 1.165) is 11.7 Å². The van der Waals surface area contributed by atoms with Crippen molar-refractivity contribution < 1.29 is 14.3 Å². The molecule has 1 fully saturated rings. The van der Waals surface area contributed by atoms with Gasteiger partial charge >= 0.3 is 5.97 Å². The average Bonchev–Trinajstić information content (AvgIpc) is 2.96. The fourth-order valence-corrected chi connectivity index (χ4v) is 1.73. The molecule has 0 atom stereocenters. The minimum Gasteiger partial charge on any atom is -0.463 e. The number of carbonyl (C=O) groups is 1. The number of hydrogen-bond donors (Lipinski definition) is 0. The monoisotopic (exact) mass is 214 g/mol. The molecule has 0 unspecified atom stereocenters. The third-order valence-electron chi connectivity index (χ3n) is 1.83. The lowest BCUT2D eigenvalue weighted by Gasteiger charge is -2.08. The van der Waals surface area contributed by atoms with E-state index < -0.39 is 5.97 Å². The summed E-state index contributed by atoms with van der Waals surface area (Å²) in [6.45, 7) is 7.12. The Morgan fingerprint density at radius 3 is 2.64 bits per heavy atom. The second-order valence-electron chi connectivity index (χ2n) is 3.14. The highest BCUT2D eigenvalue weighted by Crippen LogP contribution is 2.34. The zero-order chi connectivity index (χ0) is 10.6. The highest BCUT2D eigenvalue weighted by atomic mass is 32.2.